The van der Waals surface area contributed by atoms with Crippen molar-refractivity contribution in [2.24, 2.45) is 0 Å². The second-order valence-corrected chi connectivity index (χ2v) is 4.62. The van der Waals surface area contributed by atoms with Crippen LogP contribution in [0, 0.1) is 0 Å². The molecule has 1 rings (SSSR count). The van der Waals surface area contributed by atoms with Crippen LogP contribution < -0.4 is 5.32 Å². The van der Waals surface area contributed by atoms with Gasteiger partial charge in [-0.15, -0.1) is 0 Å². The van der Waals surface area contributed by atoms with E-state index in [0.717, 1.165) is 19.4 Å². The smallest absolute Gasteiger partial charge is 0.0807 e. The first-order chi connectivity index (χ1) is 7.26. The molecule has 1 unspecified atom stereocenters. The van der Waals surface area contributed by atoms with E-state index in [2.05, 4.69) is 19.2 Å². The van der Waals surface area contributed by atoms with Gasteiger partial charge in [-0.3, -0.25) is 0 Å². The standard InChI is InChI=1S/C12H25NO2/c1-3-4-5-10(2)13-11-6-7-12(8-14)15-9-11/h10-14H,3-9H2,1-2H3/t10?,11-,12+/m0/s1. The topological polar surface area (TPSA) is 41.5 Å². The highest BCUT2D eigenvalue weighted by Crippen LogP contribution is 2.14. The molecule has 0 aromatic heterocycles. The van der Waals surface area contributed by atoms with Crippen molar-refractivity contribution in [1.29, 1.82) is 0 Å². The van der Waals surface area contributed by atoms with Crippen LogP contribution in [0.4, 0.5) is 0 Å². The number of aliphatic hydroxyl groups excluding tert-OH is 1. The highest BCUT2D eigenvalue weighted by molar-refractivity contribution is 4.77. The van der Waals surface area contributed by atoms with Crippen LogP contribution in [0.1, 0.15) is 46.0 Å². The van der Waals surface area contributed by atoms with Gasteiger partial charge in [0.05, 0.1) is 19.3 Å². The summed E-state index contributed by atoms with van der Waals surface area (Å²) in [5.41, 5.74) is 0. The van der Waals surface area contributed by atoms with E-state index < -0.39 is 0 Å². The Morgan fingerprint density at radius 1 is 1.47 bits per heavy atom. The molecule has 90 valence electrons. The Bertz CT molecular complexity index is 156. The molecule has 1 heterocycles. The zero-order valence-electron chi connectivity index (χ0n) is 10.0. The van der Waals surface area contributed by atoms with Crippen molar-refractivity contribution in [2.45, 2.75) is 64.1 Å². The third-order valence-corrected chi connectivity index (χ3v) is 3.08. The molecule has 0 saturated carbocycles. The molecule has 0 spiro atoms. The molecule has 15 heavy (non-hydrogen) atoms. The van der Waals surface area contributed by atoms with E-state index >= 15 is 0 Å². The fourth-order valence-corrected chi connectivity index (χ4v) is 2.08. The number of aliphatic hydroxyl groups is 1. The first kappa shape index (κ1) is 12.9. The first-order valence-electron chi connectivity index (χ1n) is 6.24. The predicted octanol–water partition coefficient (Wildman–Crippen LogP) is 1.69. The summed E-state index contributed by atoms with van der Waals surface area (Å²) < 4.78 is 5.53. The van der Waals surface area contributed by atoms with Crippen molar-refractivity contribution in [3.05, 3.63) is 0 Å². The predicted molar refractivity (Wildman–Crippen MR) is 62.0 cm³/mol. The van der Waals surface area contributed by atoms with Crippen LogP contribution in [-0.4, -0.2) is 36.5 Å². The van der Waals surface area contributed by atoms with Gasteiger partial charge in [-0.05, 0) is 26.2 Å². The summed E-state index contributed by atoms with van der Waals surface area (Å²) in [4.78, 5) is 0. The zero-order valence-corrected chi connectivity index (χ0v) is 10.0. The fourth-order valence-electron chi connectivity index (χ4n) is 2.08. The summed E-state index contributed by atoms with van der Waals surface area (Å²) in [6.07, 6.45) is 5.99. The van der Waals surface area contributed by atoms with Gasteiger partial charge in [0.2, 0.25) is 0 Å². The Hall–Kier alpha value is -0.120. The average molecular weight is 215 g/mol. The molecular formula is C12H25NO2. The normalized spacial score (nSPS) is 29.0. The number of unbranched alkanes of at least 4 members (excludes halogenated alkanes) is 1. The summed E-state index contributed by atoms with van der Waals surface area (Å²) in [6, 6.07) is 1.07. The third-order valence-electron chi connectivity index (χ3n) is 3.08. The number of rotatable bonds is 6. The van der Waals surface area contributed by atoms with E-state index in [1.54, 1.807) is 0 Å². The Kier molecular flexibility index (Phi) is 6.22. The summed E-state index contributed by atoms with van der Waals surface area (Å²) in [5, 5.41) is 12.5. The molecule has 1 aliphatic heterocycles. The monoisotopic (exact) mass is 215 g/mol. The maximum Gasteiger partial charge on any atom is 0.0807 e. The van der Waals surface area contributed by atoms with E-state index in [0.29, 0.717) is 12.1 Å². The third kappa shape index (κ3) is 4.96. The quantitative estimate of drug-likeness (QED) is 0.708. The lowest BCUT2D eigenvalue weighted by Crippen LogP contribution is -2.44. The van der Waals surface area contributed by atoms with Crippen molar-refractivity contribution >= 4 is 0 Å². The summed E-state index contributed by atoms with van der Waals surface area (Å²) in [5.74, 6) is 0. The van der Waals surface area contributed by atoms with Crippen LogP contribution in [-0.2, 0) is 4.74 Å². The number of nitrogens with one attached hydrogen (secondary N) is 1. The van der Waals surface area contributed by atoms with Crippen LogP contribution in [0.15, 0.2) is 0 Å². The van der Waals surface area contributed by atoms with Gasteiger partial charge in [0.1, 0.15) is 0 Å². The zero-order chi connectivity index (χ0) is 11.1. The maximum atomic E-state index is 8.93. The minimum absolute atomic E-state index is 0.0778. The van der Waals surface area contributed by atoms with Crippen molar-refractivity contribution in [2.75, 3.05) is 13.2 Å². The largest absolute Gasteiger partial charge is 0.394 e. The molecule has 0 radical (unpaired) electrons. The van der Waals surface area contributed by atoms with Crippen molar-refractivity contribution in [3.8, 4) is 0 Å². The van der Waals surface area contributed by atoms with Crippen molar-refractivity contribution < 1.29 is 9.84 Å². The van der Waals surface area contributed by atoms with E-state index in [4.69, 9.17) is 9.84 Å². The molecule has 0 amide bonds. The number of hydrogen-bond acceptors (Lipinski definition) is 3. The van der Waals surface area contributed by atoms with E-state index in [-0.39, 0.29) is 12.7 Å². The second kappa shape index (κ2) is 7.20. The van der Waals surface area contributed by atoms with E-state index in [1.165, 1.54) is 19.3 Å². The molecule has 1 aliphatic rings. The molecule has 3 nitrogen and oxygen atoms in total. The number of ether oxygens (including phenoxy) is 1. The fraction of sp³-hybridized carbons (Fsp3) is 1.00. The van der Waals surface area contributed by atoms with Gasteiger partial charge >= 0.3 is 0 Å². The Morgan fingerprint density at radius 2 is 2.27 bits per heavy atom. The summed E-state index contributed by atoms with van der Waals surface area (Å²) in [7, 11) is 0. The van der Waals surface area contributed by atoms with Crippen LogP contribution in [0.5, 0.6) is 0 Å². The van der Waals surface area contributed by atoms with Crippen molar-refractivity contribution in [1.82, 2.24) is 5.32 Å². The Labute approximate surface area is 93.2 Å². The second-order valence-electron chi connectivity index (χ2n) is 4.62. The molecular weight excluding hydrogens is 190 g/mol. The SMILES string of the molecule is CCCCC(C)N[C@H]1CC[C@H](CO)OC1. The lowest BCUT2D eigenvalue weighted by molar-refractivity contribution is -0.0332. The van der Waals surface area contributed by atoms with E-state index in [9.17, 15) is 0 Å². The molecule has 3 atom stereocenters. The minimum atomic E-state index is 0.0778. The van der Waals surface area contributed by atoms with Gasteiger partial charge in [-0.2, -0.15) is 0 Å². The van der Waals surface area contributed by atoms with Crippen LogP contribution in [0.25, 0.3) is 0 Å². The maximum absolute atomic E-state index is 8.93. The van der Waals surface area contributed by atoms with Crippen LogP contribution in [0.3, 0.4) is 0 Å². The first-order valence-corrected chi connectivity index (χ1v) is 6.24. The highest BCUT2D eigenvalue weighted by atomic mass is 16.5. The lowest BCUT2D eigenvalue weighted by Gasteiger charge is -2.30. The highest BCUT2D eigenvalue weighted by Gasteiger charge is 2.21. The molecule has 1 saturated heterocycles. The molecule has 2 N–H and O–H groups in total. The minimum Gasteiger partial charge on any atom is -0.394 e. The molecule has 3 heteroatoms. The summed E-state index contributed by atoms with van der Waals surface area (Å²) in [6.45, 7) is 5.38. The van der Waals surface area contributed by atoms with Crippen LogP contribution in [0.2, 0.25) is 0 Å². The van der Waals surface area contributed by atoms with Gasteiger partial charge in [0.25, 0.3) is 0 Å². The summed E-state index contributed by atoms with van der Waals surface area (Å²) >= 11 is 0. The van der Waals surface area contributed by atoms with Crippen LogP contribution >= 0.6 is 0 Å². The Balaban J connectivity index is 2.12. The molecule has 0 aliphatic carbocycles. The van der Waals surface area contributed by atoms with Gasteiger partial charge in [-0.25, -0.2) is 0 Å². The van der Waals surface area contributed by atoms with E-state index in [1.807, 2.05) is 0 Å². The van der Waals surface area contributed by atoms with Gasteiger partial charge in [0.15, 0.2) is 0 Å². The van der Waals surface area contributed by atoms with Gasteiger partial charge in [-0.1, -0.05) is 19.8 Å². The lowest BCUT2D eigenvalue weighted by atomic mass is 10.0. The van der Waals surface area contributed by atoms with Crippen molar-refractivity contribution in [3.63, 3.8) is 0 Å². The Morgan fingerprint density at radius 3 is 2.80 bits per heavy atom. The molecule has 0 bridgehead atoms. The average Bonchev–Trinajstić information content (AvgIpc) is 2.27. The van der Waals surface area contributed by atoms with Gasteiger partial charge in [0, 0.05) is 12.1 Å². The molecule has 0 aromatic carbocycles. The molecule has 0 aromatic rings. The van der Waals surface area contributed by atoms with Gasteiger partial charge < -0.3 is 15.2 Å². The number of hydrogen-bond donors (Lipinski definition) is 2. The molecule has 1 fully saturated rings.